The summed E-state index contributed by atoms with van der Waals surface area (Å²) in [5.41, 5.74) is 0. The Morgan fingerprint density at radius 2 is 2.29 bits per heavy atom. The van der Waals surface area contributed by atoms with Crippen molar-refractivity contribution in [2.75, 3.05) is 0 Å². The topological polar surface area (TPSA) is 0 Å². The van der Waals surface area contributed by atoms with Crippen molar-refractivity contribution in [2.45, 2.75) is 22.1 Å². The van der Waals surface area contributed by atoms with Gasteiger partial charge >= 0.3 is 0 Å². The number of rotatable bonds is 1. The molecular formula is C5H8BrI. The standard InChI is InChI=1S/C5H8BrI/c1-3(6)4-2-5(4)7/h3-5H,2H2,1H3/t3-,4-,5-/m0/s1. The summed E-state index contributed by atoms with van der Waals surface area (Å²) in [6.45, 7) is 2.23. The fourth-order valence-corrected chi connectivity index (χ4v) is 3.02. The maximum Gasteiger partial charge on any atom is 0.0156 e. The van der Waals surface area contributed by atoms with E-state index in [4.69, 9.17) is 0 Å². The molecule has 0 aromatic heterocycles. The van der Waals surface area contributed by atoms with Crippen molar-refractivity contribution in [3.8, 4) is 0 Å². The Hall–Kier alpha value is 1.21. The van der Waals surface area contributed by atoms with Crippen molar-refractivity contribution in [3.63, 3.8) is 0 Å². The van der Waals surface area contributed by atoms with Crippen LogP contribution >= 0.6 is 38.5 Å². The predicted molar refractivity (Wildman–Crippen MR) is 44.3 cm³/mol. The Bertz CT molecular complexity index is 72.5. The van der Waals surface area contributed by atoms with E-state index in [1.165, 1.54) is 6.42 Å². The van der Waals surface area contributed by atoms with Crippen LogP contribution in [0.1, 0.15) is 13.3 Å². The van der Waals surface area contributed by atoms with Crippen molar-refractivity contribution in [3.05, 3.63) is 0 Å². The van der Waals surface area contributed by atoms with E-state index in [1.807, 2.05) is 0 Å². The van der Waals surface area contributed by atoms with Crippen LogP contribution < -0.4 is 0 Å². The van der Waals surface area contributed by atoms with Crippen molar-refractivity contribution >= 4 is 38.5 Å². The molecule has 2 heteroatoms. The first-order chi connectivity index (χ1) is 3.22. The van der Waals surface area contributed by atoms with Gasteiger partial charge < -0.3 is 0 Å². The van der Waals surface area contributed by atoms with Gasteiger partial charge in [0.1, 0.15) is 0 Å². The molecule has 0 radical (unpaired) electrons. The molecule has 0 nitrogen and oxygen atoms in total. The zero-order valence-corrected chi connectivity index (χ0v) is 7.94. The molecule has 1 fully saturated rings. The number of halogens is 2. The second-order valence-electron chi connectivity index (χ2n) is 2.09. The molecule has 0 aromatic carbocycles. The van der Waals surface area contributed by atoms with Crippen molar-refractivity contribution in [1.82, 2.24) is 0 Å². The zero-order chi connectivity index (χ0) is 5.44. The third kappa shape index (κ3) is 1.56. The summed E-state index contributed by atoms with van der Waals surface area (Å²) >= 11 is 6.04. The zero-order valence-electron chi connectivity index (χ0n) is 4.20. The van der Waals surface area contributed by atoms with Crippen LogP contribution in [-0.4, -0.2) is 8.75 Å². The van der Waals surface area contributed by atoms with Crippen LogP contribution in [0.5, 0.6) is 0 Å². The molecule has 1 aliphatic rings. The lowest BCUT2D eigenvalue weighted by Gasteiger charge is -1.93. The van der Waals surface area contributed by atoms with E-state index < -0.39 is 0 Å². The number of alkyl halides is 2. The summed E-state index contributed by atoms with van der Waals surface area (Å²) in [6, 6.07) is 0. The summed E-state index contributed by atoms with van der Waals surface area (Å²) in [7, 11) is 0. The molecule has 7 heavy (non-hydrogen) atoms. The minimum absolute atomic E-state index is 0.745. The van der Waals surface area contributed by atoms with Gasteiger partial charge in [0.25, 0.3) is 0 Å². The van der Waals surface area contributed by atoms with Crippen LogP contribution in [0, 0.1) is 5.92 Å². The molecule has 0 unspecified atom stereocenters. The molecule has 1 saturated carbocycles. The lowest BCUT2D eigenvalue weighted by Crippen LogP contribution is -1.93. The number of hydrogen-bond acceptors (Lipinski definition) is 0. The lowest BCUT2D eigenvalue weighted by atomic mass is 10.3. The van der Waals surface area contributed by atoms with E-state index in [1.54, 1.807) is 0 Å². The van der Waals surface area contributed by atoms with Crippen LogP contribution in [0.2, 0.25) is 0 Å². The van der Waals surface area contributed by atoms with Crippen molar-refractivity contribution in [2.24, 2.45) is 5.92 Å². The van der Waals surface area contributed by atoms with Gasteiger partial charge in [0.2, 0.25) is 0 Å². The van der Waals surface area contributed by atoms with E-state index in [9.17, 15) is 0 Å². The molecule has 0 bridgehead atoms. The molecule has 3 atom stereocenters. The van der Waals surface area contributed by atoms with Crippen LogP contribution in [0.15, 0.2) is 0 Å². The molecule has 0 spiro atoms. The second kappa shape index (κ2) is 2.21. The lowest BCUT2D eigenvalue weighted by molar-refractivity contribution is 0.842. The molecule has 42 valence electrons. The maximum absolute atomic E-state index is 3.54. The highest BCUT2D eigenvalue weighted by Gasteiger charge is 2.37. The quantitative estimate of drug-likeness (QED) is 0.509. The Balaban J connectivity index is 2.20. The molecule has 1 rings (SSSR count). The van der Waals surface area contributed by atoms with Crippen molar-refractivity contribution < 1.29 is 0 Å². The smallest absolute Gasteiger partial charge is 0.0156 e. The Morgan fingerprint density at radius 1 is 1.86 bits per heavy atom. The average molecular weight is 275 g/mol. The van der Waals surface area contributed by atoms with Crippen LogP contribution in [0.3, 0.4) is 0 Å². The Morgan fingerprint density at radius 3 is 2.29 bits per heavy atom. The molecule has 0 N–H and O–H groups in total. The van der Waals surface area contributed by atoms with Gasteiger partial charge in [-0.2, -0.15) is 0 Å². The minimum atomic E-state index is 0.745. The highest BCUT2D eigenvalue weighted by molar-refractivity contribution is 14.1. The average Bonchev–Trinajstić information content (AvgIpc) is 2.17. The van der Waals surface area contributed by atoms with E-state index in [-0.39, 0.29) is 0 Å². The van der Waals surface area contributed by atoms with Gasteiger partial charge in [0.15, 0.2) is 0 Å². The van der Waals surface area contributed by atoms with Gasteiger partial charge in [-0.15, -0.1) is 0 Å². The summed E-state index contributed by atoms with van der Waals surface area (Å²) in [5, 5.41) is 0. The first-order valence-corrected chi connectivity index (χ1v) is 4.66. The van der Waals surface area contributed by atoms with Crippen LogP contribution in [0.25, 0.3) is 0 Å². The third-order valence-corrected chi connectivity index (χ3v) is 3.46. The molecule has 0 amide bonds. The van der Waals surface area contributed by atoms with Gasteiger partial charge in [-0.25, -0.2) is 0 Å². The van der Waals surface area contributed by atoms with Gasteiger partial charge in [-0.05, 0) is 12.3 Å². The van der Waals surface area contributed by atoms with Gasteiger partial charge in [0.05, 0.1) is 0 Å². The highest BCUT2D eigenvalue weighted by atomic mass is 127. The summed E-state index contributed by atoms with van der Waals surface area (Å²) in [6.07, 6.45) is 1.42. The van der Waals surface area contributed by atoms with Gasteiger partial charge in [-0.3, -0.25) is 0 Å². The predicted octanol–water partition coefficient (Wildman–Crippen LogP) is 2.59. The van der Waals surface area contributed by atoms with E-state index in [2.05, 4.69) is 45.4 Å². The molecule has 0 heterocycles. The van der Waals surface area contributed by atoms with Gasteiger partial charge in [0, 0.05) is 8.75 Å². The molecule has 0 aliphatic heterocycles. The van der Waals surface area contributed by atoms with Crippen LogP contribution in [0.4, 0.5) is 0 Å². The fraction of sp³-hybridized carbons (Fsp3) is 1.00. The van der Waals surface area contributed by atoms with Crippen molar-refractivity contribution in [1.29, 1.82) is 0 Å². The Kier molecular flexibility index (Phi) is 2.00. The first-order valence-electron chi connectivity index (χ1n) is 2.50. The summed E-state index contributed by atoms with van der Waals surface area (Å²) in [5.74, 6) is 0.973. The summed E-state index contributed by atoms with van der Waals surface area (Å²) < 4.78 is 0.965. The van der Waals surface area contributed by atoms with E-state index in [0.717, 1.165) is 14.7 Å². The van der Waals surface area contributed by atoms with Crippen LogP contribution in [-0.2, 0) is 0 Å². The number of hydrogen-bond donors (Lipinski definition) is 0. The first kappa shape index (κ1) is 6.33. The highest BCUT2D eigenvalue weighted by Crippen LogP contribution is 2.43. The summed E-state index contributed by atoms with van der Waals surface area (Å²) in [4.78, 5) is 0.745. The molecular weight excluding hydrogens is 267 g/mol. The maximum atomic E-state index is 3.54. The van der Waals surface area contributed by atoms with E-state index in [0.29, 0.717) is 0 Å². The molecule has 0 saturated heterocycles. The third-order valence-electron chi connectivity index (χ3n) is 1.35. The fourth-order valence-electron chi connectivity index (χ4n) is 0.657. The minimum Gasteiger partial charge on any atom is -0.0890 e. The van der Waals surface area contributed by atoms with E-state index >= 15 is 0 Å². The molecule has 0 aromatic rings. The SMILES string of the molecule is C[C@H](Br)[C@@H]1C[C@@H]1I. The normalized spacial score (nSPS) is 43.3. The monoisotopic (exact) mass is 274 g/mol. The second-order valence-corrected chi connectivity index (χ2v) is 5.14. The Labute approximate surface area is 66.3 Å². The van der Waals surface area contributed by atoms with Gasteiger partial charge in [-0.1, -0.05) is 45.4 Å². The largest absolute Gasteiger partial charge is 0.0890 e. The molecule has 1 aliphatic carbocycles.